The molecular formula is C11H17N5O3S. The van der Waals surface area contributed by atoms with Gasteiger partial charge < -0.3 is 4.90 Å². The third-order valence-electron chi connectivity index (χ3n) is 3.65. The zero-order valence-electron chi connectivity index (χ0n) is 11.3. The maximum atomic E-state index is 12.2. The van der Waals surface area contributed by atoms with Crippen molar-refractivity contribution in [3.8, 4) is 0 Å². The number of amides is 1. The second-order valence-corrected chi connectivity index (χ2v) is 7.43. The van der Waals surface area contributed by atoms with Crippen LogP contribution in [0, 0.1) is 0 Å². The molecule has 1 aliphatic carbocycles. The zero-order chi connectivity index (χ0) is 14.3. The number of nitrogens with zero attached hydrogens (tertiary/aromatic N) is 5. The Morgan fingerprint density at radius 1 is 1.25 bits per heavy atom. The highest BCUT2D eigenvalue weighted by Crippen LogP contribution is 2.31. The summed E-state index contributed by atoms with van der Waals surface area (Å²) >= 11 is 0. The molecule has 0 spiro atoms. The first-order valence-electron chi connectivity index (χ1n) is 6.63. The van der Waals surface area contributed by atoms with Crippen molar-refractivity contribution in [3.05, 3.63) is 11.9 Å². The van der Waals surface area contributed by atoms with Gasteiger partial charge in [-0.25, -0.2) is 8.42 Å². The van der Waals surface area contributed by atoms with Gasteiger partial charge in [0.25, 0.3) is 5.91 Å². The van der Waals surface area contributed by atoms with E-state index < -0.39 is 10.0 Å². The van der Waals surface area contributed by atoms with Gasteiger partial charge in [-0.2, -0.15) is 4.31 Å². The van der Waals surface area contributed by atoms with Crippen LogP contribution in [-0.4, -0.2) is 70.0 Å². The van der Waals surface area contributed by atoms with Crippen LogP contribution in [0.15, 0.2) is 6.20 Å². The molecule has 9 heteroatoms. The van der Waals surface area contributed by atoms with E-state index >= 15 is 0 Å². The molecule has 0 aromatic carbocycles. The fraction of sp³-hybridized carbons (Fsp3) is 0.727. The van der Waals surface area contributed by atoms with Crippen molar-refractivity contribution in [1.82, 2.24) is 24.2 Å². The molecule has 1 saturated carbocycles. The third kappa shape index (κ3) is 2.42. The second kappa shape index (κ2) is 4.81. The van der Waals surface area contributed by atoms with Gasteiger partial charge in [0.1, 0.15) is 0 Å². The lowest BCUT2D eigenvalue weighted by atomic mass is 10.3. The van der Waals surface area contributed by atoms with E-state index in [2.05, 4.69) is 10.3 Å². The van der Waals surface area contributed by atoms with E-state index in [9.17, 15) is 13.2 Å². The summed E-state index contributed by atoms with van der Waals surface area (Å²) in [4.78, 5) is 13.8. The fourth-order valence-electron chi connectivity index (χ4n) is 2.33. The monoisotopic (exact) mass is 299 g/mol. The lowest BCUT2D eigenvalue weighted by Crippen LogP contribution is -2.51. The quantitative estimate of drug-likeness (QED) is 0.719. The summed E-state index contributed by atoms with van der Waals surface area (Å²) in [5, 5.41) is 7.33. The predicted molar refractivity (Wildman–Crippen MR) is 70.4 cm³/mol. The van der Waals surface area contributed by atoms with Gasteiger partial charge in [0.05, 0.1) is 11.4 Å². The van der Waals surface area contributed by atoms with Gasteiger partial charge in [-0.1, -0.05) is 5.21 Å². The number of piperazine rings is 1. The van der Waals surface area contributed by atoms with Crippen LogP contribution in [0.2, 0.25) is 0 Å². The normalized spacial score (nSPS) is 21.1. The van der Waals surface area contributed by atoms with E-state index in [4.69, 9.17) is 0 Å². The number of sulfonamides is 1. The first kappa shape index (κ1) is 13.5. The summed E-state index contributed by atoms with van der Waals surface area (Å²) < 4.78 is 27.2. The minimum atomic E-state index is -3.14. The molecule has 2 aliphatic rings. The Kier molecular flexibility index (Phi) is 3.25. The molecular weight excluding hydrogens is 282 g/mol. The zero-order valence-corrected chi connectivity index (χ0v) is 12.1. The highest BCUT2D eigenvalue weighted by Gasteiger charge is 2.41. The molecule has 0 N–H and O–H groups in total. The highest BCUT2D eigenvalue weighted by atomic mass is 32.2. The fourth-order valence-corrected chi connectivity index (χ4v) is 4.16. The third-order valence-corrected chi connectivity index (χ3v) is 6.05. The second-order valence-electron chi connectivity index (χ2n) is 5.21. The number of aromatic nitrogens is 3. The standard InChI is InChI=1S/C11H17N5O3S/c1-14-8-10(12-13-14)11(17)15-4-6-16(7-5-15)20(18,19)9-2-3-9/h8-9H,2-7H2,1H3. The minimum Gasteiger partial charge on any atom is -0.335 e. The topological polar surface area (TPSA) is 88.4 Å². The van der Waals surface area contributed by atoms with E-state index in [1.165, 1.54) is 8.99 Å². The molecule has 1 aromatic rings. The van der Waals surface area contributed by atoms with Crippen molar-refractivity contribution in [2.24, 2.45) is 7.05 Å². The Balaban J connectivity index is 1.62. The van der Waals surface area contributed by atoms with Gasteiger partial charge in [-0.15, -0.1) is 5.10 Å². The Morgan fingerprint density at radius 3 is 2.40 bits per heavy atom. The van der Waals surface area contributed by atoms with Crippen LogP contribution in [0.5, 0.6) is 0 Å². The van der Waals surface area contributed by atoms with Crippen LogP contribution in [-0.2, 0) is 17.1 Å². The van der Waals surface area contributed by atoms with Crippen LogP contribution >= 0.6 is 0 Å². The first-order valence-corrected chi connectivity index (χ1v) is 8.13. The number of aryl methyl sites for hydroxylation is 1. The van der Waals surface area contributed by atoms with Gasteiger partial charge in [0.15, 0.2) is 5.69 Å². The van der Waals surface area contributed by atoms with E-state index in [0.717, 1.165) is 12.8 Å². The molecule has 1 aliphatic heterocycles. The summed E-state index contributed by atoms with van der Waals surface area (Å²) in [6.07, 6.45) is 3.10. The average molecular weight is 299 g/mol. The van der Waals surface area contributed by atoms with Crippen LogP contribution in [0.4, 0.5) is 0 Å². The molecule has 2 heterocycles. The Bertz CT molecular complexity index is 614. The van der Waals surface area contributed by atoms with Crippen LogP contribution in [0.3, 0.4) is 0 Å². The molecule has 0 radical (unpaired) electrons. The molecule has 110 valence electrons. The Morgan fingerprint density at radius 2 is 1.90 bits per heavy atom. The van der Waals surface area contributed by atoms with Crippen molar-refractivity contribution in [1.29, 1.82) is 0 Å². The van der Waals surface area contributed by atoms with Crippen molar-refractivity contribution in [3.63, 3.8) is 0 Å². The molecule has 8 nitrogen and oxygen atoms in total. The van der Waals surface area contributed by atoms with Crippen LogP contribution < -0.4 is 0 Å². The lowest BCUT2D eigenvalue weighted by molar-refractivity contribution is 0.0692. The SMILES string of the molecule is Cn1cc(C(=O)N2CCN(S(=O)(=O)C3CC3)CC2)nn1. The van der Waals surface area contributed by atoms with Crippen molar-refractivity contribution in [2.75, 3.05) is 26.2 Å². The van der Waals surface area contributed by atoms with E-state index in [1.807, 2.05) is 0 Å². The lowest BCUT2D eigenvalue weighted by Gasteiger charge is -2.33. The van der Waals surface area contributed by atoms with E-state index in [1.54, 1.807) is 18.1 Å². The Labute approximate surface area is 117 Å². The van der Waals surface area contributed by atoms with E-state index in [0.29, 0.717) is 31.9 Å². The number of rotatable bonds is 3. The maximum Gasteiger partial charge on any atom is 0.276 e. The van der Waals surface area contributed by atoms with Crippen molar-refractivity contribution in [2.45, 2.75) is 18.1 Å². The summed E-state index contributed by atoms with van der Waals surface area (Å²) in [5.74, 6) is -0.193. The van der Waals surface area contributed by atoms with E-state index in [-0.39, 0.29) is 11.2 Å². The maximum absolute atomic E-state index is 12.2. The molecule has 0 bridgehead atoms. The van der Waals surface area contributed by atoms with Gasteiger partial charge in [0.2, 0.25) is 10.0 Å². The molecule has 0 unspecified atom stereocenters. The number of hydrogen-bond donors (Lipinski definition) is 0. The largest absolute Gasteiger partial charge is 0.335 e. The molecule has 1 amide bonds. The van der Waals surface area contributed by atoms with Gasteiger partial charge in [-0.3, -0.25) is 9.48 Å². The predicted octanol–water partition coefficient (Wildman–Crippen LogP) is -0.935. The van der Waals surface area contributed by atoms with Crippen LogP contribution in [0.1, 0.15) is 23.3 Å². The average Bonchev–Trinajstić information content (AvgIpc) is 3.21. The summed E-state index contributed by atoms with van der Waals surface area (Å²) in [5.41, 5.74) is 0.297. The van der Waals surface area contributed by atoms with Gasteiger partial charge in [0, 0.05) is 33.2 Å². The minimum absolute atomic E-state index is 0.190. The van der Waals surface area contributed by atoms with Crippen molar-refractivity contribution < 1.29 is 13.2 Å². The summed E-state index contributed by atoms with van der Waals surface area (Å²) in [6.45, 7) is 1.54. The number of hydrogen-bond acceptors (Lipinski definition) is 5. The Hall–Kier alpha value is -1.48. The van der Waals surface area contributed by atoms with Crippen LogP contribution in [0.25, 0.3) is 0 Å². The molecule has 3 rings (SSSR count). The first-order chi connectivity index (χ1) is 9.48. The molecule has 2 fully saturated rings. The van der Waals surface area contributed by atoms with Gasteiger partial charge in [-0.05, 0) is 12.8 Å². The van der Waals surface area contributed by atoms with Crippen molar-refractivity contribution >= 4 is 15.9 Å². The highest BCUT2D eigenvalue weighted by molar-refractivity contribution is 7.90. The summed E-state index contributed by atoms with van der Waals surface area (Å²) in [7, 11) is -1.44. The molecule has 1 saturated heterocycles. The van der Waals surface area contributed by atoms with Gasteiger partial charge >= 0.3 is 0 Å². The summed E-state index contributed by atoms with van der Waals surface area (Å²) in [6, 6.07) is 0. The number of carbonyl (C=O) groups is 1. The smallest absolute Gasteiger partial charge is 0.276 e. The number of carbonyl (C=O) groups excluding carboxylic acids is 1. The molecule has 0 atom stereocenters. The molecule has 20 heavy (non-hydrogen) atoms. The molecule has 1 aromatic heterocycles.